The van der Waals surface area contributed by atoms with Gasteiger partial charge in [0.05, 0.1) is 12.1 Å². The van der Waals surface area contributed by atoms with Gasteiger partial charge in [0.15, 0.2) is 0 Å². The summed E-state index contributed by atoms with van der Waals surface area (Å²) in [6, 6.07) is 7.76. The van der Waals surface area contributed by atoms with Crippen LogP contribution in [0.4, 0.5) is 5.69 Å². The first-order valence-electron chi connectivity index (χ1n) is 8.37. The number of hydrogen-bond donors (Lipinski definition) is 0. The SMILES string of the molecule is O=C1[C@H](N2CCC[C@@H](n3cncn3)C2)CCN1c1ccc(Cl)cc1. The highest BCUT2D eigenvalue weighted by atomic mass is 35.5. The van der Waals surface area contributed by atoms with Crippen LogP contribution < -0.4 is 4.90 Å². The second kappa shape index (κ2) is 6.53. The normalized spacial score (nSPS) is 25.4. The first-order valence-corrected chi connectivity index (χ1v) is 8.75. The van der Waals surface area contributed by atoms with Gasteiger partial charge >= 0.3 is 0 Å². The van der Waals surface area contributed by atoms with Crippen molar-refractivity contribution in [3.8, 4) is 0 Å². The predicted octanol–water partition coefficient (Wildman–Crippen LogP) is 2.37. The molecule has 2 fully saturated rings. The van der Waals surface area contributed by atoms with Crippen molar-refractivity contribution in [3.63, 3.8) is 0 Å². The van der Waals surface area contributed by atoms with Gasteiger partial charge in [-0.05, 0) is 50.1 Å². The summed E-state index contributed by atoms with van der Waals surface area (Å²) in [6.45, 7) is 2.58. The van der Waals surface area contributed by atoms with Crippen LogP contribution in [0.25, 0.3) is 0 Å². The molecule has 1 aromatic heterocycles. The second-order valence-corrected chi connectivity index (χ2v) is 6.87. The fourth-order valence-corrected chi connectivity index (χ4v) is 3.90. The molecule has 0 unspecified atom stereocenters. The van der Waals surface area contributed by atoms with Crippen LogP contribution in [0, 0.1) is 0 Å². The lowest BCUT2D eigenvalue weighted by Gasteiger charge is -2.35. The van der Waals surface area contributed by atoms with Crippen LogP contribution in [-0.4, -0.2) is 51.2 Å². The molecule has 4 rings (SSSR count). The van der Waals surface area contributed by atoms with E-state index in [4.69, 9.17) is 11.6 Å². The monoisotopic (exact) mass is 345 g/mol. The fourth-order valence-electron chi connectivity index (χ4n) is 3.77. The van der Waals surface area contributed by atoms with Gasteiger partial charge in [0.2, 0.25) is 5.91 Å². The van der Waals surface area contributed by atoms with E-state index in [0.29, 0.717) is 11.1 Å². The predicted molar refractivity (Wildman–Crippen MR) is 92.1 cm³/mol. The molecule has 7 heteroatoms. The minimum Gasteiger partial charge on any atom is -0.311 e. The first kappa shape index (κ1) is 15.6. The molecule has 0 bridgehead atoms. The average molecular weight is 346 g/mol. The molecule has 2 saturated heterocycles. The highest BCUT2D eigenvalue weighted by Gasteiger charge is 2.38. The molecular weight excluding hydrogens is 326 g/mol. The molecule has 0 spiro atoms. The first-order chi connectivity index (χ1) is 11.7. The Balaban J connectivity index is 1.47. The number of nitrogens with zero attached hydrogens (tertiary/aromatic N) is 5. The van der Waals surface area contributed by atoms with E-state index in [1.54, 1.807) is 12.7 Å². The van der Waals surface area contributed by atoms with Crippen molar-refractivity contribution in [2.45, 2.75) is 31.3 Å². The van der Waals surface area contributed by atoms with Crippen molar-refractivity contribution >= 4 is 23.2 Å². The van der Waals surface area contributed by atoms with Crippen molar-refractivity contribution < 1.29 is 4.79 Å². The summed E-state index contributed by atoms with van der Waals surface area (Å²) < 4.78 is 1.92. The van der Waals surface area contributed by atoms with Crippen LogP contribution in [0.15, 0.2) is 36.9 Å². The number of amides is 1. The minimum atomic E-state index is -0.0352. The summed E-state index contributed by atoms with van der Waals surface area (Å²) in [5.41, 5.74) is 0.928. The molecule has 24 heavy (non-hydrogen) atoms. The number of halogens is 1. The van der Waals surface area contributed by atoms with Gasteiger partial charge in [-0.3, -0.25) is 9.69 Å². The molecule has 2 aromatic rings. The zero-order chi connectivity index (χ0) is 16.5. The topological polar surface area (TPSA) is 54.3 Å². The van der Waals surface area contributed by atoms with Gasteiger partial charge in [-0.2, -0.15) is 5.10 Å². The van der Waals surface area contributed by atoms with Crippen molar-refractivity contribution in [1.82, 2.24) is 19.7 Å². The summed E-state index contributed by atoms with van der Waals surface area (Å²) in [4.78, 5) is 21.1. The highest BCUT2D eigenvalue weighted by Crippen LogP contribution is 2.29. The number of aromatic nitrogens is 3. The molecule has 1 amide bonds. The van der Waals surface area contributed by atoms with E-state index in [-0.39, 0.29) is 11.9 Å². The maximum atomic E-state index is 12.9. The van der Waals surface area contributed by atoms with Crippen LogP contribution in [-0.2, 0) is 4.79 Å². The van der Waals surface area contributed by atoms with Gasteiger partial charge < -0.3 is 4.90 Å². The Bertz CT molecular complexity index is 702. The van der Waals surface area contributed by atoms with Crippen molar-refractivity contribution in [3.05, 3.63) is 41.9 Å². The van der Waals surface area contributed by atoms with E-state index in [1.165, 1.54) is 0 Å². The maximum Gasteiger partial charge on any atom is 0.244 e. The summed E-state index contributed by atoms with van der Waals surface area (Å²) in [5, 5.41) is 4.95. The number of anilines is 1. The second-order valence-electron chi connectivity index (χ2n) is 6.44. The van der Waals surface area contributed by atoms with E-state index in [1.807, 2.05) is 33.8 Å². The number of carbonyl (C=O) groups is 1. The highest BCUT2D eigenvalue weighted by molar-refractivity contribution is 6.30. The third-order valence-electron chi connectivity index (χ3n) is 4.99. The number of rotatable bonds is 3. The Morgan fingerprint density at radius 1 is 1.12 bits per heavy atom. The molecular formula is C17H20ClN5O. The summed E-state index contributed by atoms with van der Waals surface area (Å²) in [5.74, 6) is 0.191. The Morgan fingerprint density at radius 2 is 1.96 bits per heavy atom. The zero-order valence-corrected chi connectivity index (χ0v) is 14.1. The molecule has 0 N–H and O–H groups in total. The lowest BCUT2D eigenvalue weighted by molar-refractivity contribution is -0.122. The van der Waals surface area contributed by atoms with Crippen LogP contribution in [0.3, 0.4) is 0 Å². The van der Waals surface area contributed by atoms with Crippen LogP contribution in [0.1, 0.15) is 25.3 Å². The number of carbonyl (C=O) groups excluding carboxylic acids is 1. The molecule has 0 radical (unpaired) electrons. The lowest BCUT2D eigenvalue weighted by atomic mass is 10.0. The zero-order valence-electron chi connectivity index (χ0n) is 13.4. The number of hydrogen-bond acceptors (Lipinski definition) is 4. The third-order valence-corrected chi connectivity index (χ3v) is 5.25. The van der Waals surface area contributed by atoms with Gasteiger partial charge in [-0.1, -0.05) is 11.6 Å². The van der Waals surface area contributed by atoms with Crippen LogP contribution in [0.2, 0.25) is 5.02 Å². The molecule has 2 aliphatic heterocycles. The van der Waals surface area contributed by atoms with E-state index >= 15 is 0 Å². The van der Waals surface area contributed by atoms with Crippen molar-refractivity contribution in [2.75, 3.05) is 24.5 Å². The molecule has 2 atom stereocenters. The van der Waals surface area contributed by atoms with Crippen LogP contribution in [0.5, 0.6) is 0 Å². The van der Waals surface area contributed by atoms with Crippen molar-refractivity contribution in [1.29, 1.82) is 0 Å². The smallest absolute Gasteiger partial charge is 0.244 e. The molecule has 126 valence electrons. The van der Waals surface area contributed by atoms with Gasteiger partial charge in [-0.15, -0.1) is 0 Å². The quantitative estimate of drug-likeness (QED) is 0.857. The van der Waals surface area contributed by atoms with Crippen molar-refractivity contribution in [2.24, 2.45) is 0 Å². The van der Waals surface area contributed by atoms with Gasteiger partial charge in [-0.25, -0.2) is 9.67 Å². The average Bonchev–Trinajstić information content (AvgIpc) is 3.26. The van der Waals surface area contributed by atoms with Crippen LogP contribution >= 0.6 is 11.6 Å². The molecule has 6 nitrogen and oxygen atoms in total. The largest absolute Gasteiger partial charge is 0.311 e. The van der Waals surface area contributed by atoms with E-state index < -0.39 is 0 Å². The van der Waals surface area contributed by atoms with E-state index in [2.05, 4.69) is 15.0 Å². The molecule has 0 saturated carbocycles. The molecule has 3 heterocycles. The minimum absolute atomic E-state index is 0.0352. The number of likely N-dealkylation sites (tertiary alicyclic amines) is 1. The fraction of sp³-hybridized carbons (Fsp3) is 0.471. The Morgan fingerprint density at radius 3 is 2.71 bits per heavy atom. The Labute approximate surface area is 146 Å². The summed E-state index contributed by atoms with van der Waals surface area (Å²) in [6.07, 6.45) is 6.37. The molecule has 2 aliphatic rings. The summed E-state index contributed by atoms with van der Waals surface area (Å²) in [7, 11) is 0. The molecule has 0 aliphatic carbocycles. The van der Waals surface area contributed by atoms with E-state index in [0.717, 1.165) is 44.6 Å². The lowest BCUT2D eigenvalue weighted by Crippen LogP contribution is -2.47. The Hall–Kier alpha value is -1.92. The third kappa shape index (κ3) is 2.91. The maximum absolute atomic E-state index is 12.9. The summed E-state index contributed by atoms with van der Waals surface area (Å²) >= 11 is 5.95. The van der Waals surface area contributed by atoms with Gasteiger partial charge in [0.1, 0.15) is 12.7 Å². The van der Waals surface area contributed by atoms with Gasteiger partial charge in [0, 0.05) is 23.8 Å². The Kier molecular flexibility index (Phi) is 4.24. The molecule has 1 aromatic carbocycles. The number of piperidine rings is 1. The number of benzene rings is 1. The standard InChI is InChI=1S/C17H20ClN5O/c18-13-3-5-14(6-4-13)22-9-7-16(17(22)24)21-8-1-2-15(10-21)23-12-19-11-20-23/h3-6,11-12,15-16H,1-2,7-10H2/t15-,16-/m1/s1. The van der Waals surface area contributed by atoms with E-state index in [9.17, 15) is 4.79 Å². The van der Waals surface area contributed by atoms with Gasteiger partial charge in [0.25, 0.3) is 0 Å².